The van der Waals surface area contributed by atoms with Gasteiger partial charge in [0.1, 0.15) is 0 Å². The van der Waals surface area contributed by atoms with Gasteiger partial charge in [0.05, 0.1) is 4.58 Å². The molecule has 0 aromatic rings. The van der Waals surface area contributed by atoms with Crippen LogP contribution in [0, 0.1) is 5.92 Å². The summed E-state index contributed by atoms with van der Waals surface area (Å²) in [6.45, 7) is 0. The standard InChI is InChI=1S/C8H15BO2S2/c1-12-8(13(2)10)6-3-4-7(5-6)11-9/h6-8H,3-5H2,1-2H3. The second-order valence-electron chi connectivity index (χ2n) is 3.43. The normalized spacial score (nSPS) is 33.1. The fourth-order valence-electron chi connectivity index (χ4n) is 1.94. The predicted octanol–water partition coefficient (Wildman–Crippen LogP) is 1.32. The fourth-order valence-corrected chi connectivity index (χ4v) is 4.45. The molecule has 1 saturated carbocycles. The number of hydrogen-bond acceptors (Lipinski definition) is 3. The van der Waals surface area contributed by atoms with Gasteiger partial charge in [0, 0.05) is 23.2 Å². The first-order chi connectivity index (χ1) is 6.19. The molecule has 4 unspecified atom stereocenters. The van der Waals surface area contributed by atoms with Crippen molar-refractivity contribution >= 4 is 30.6 Å². The molecule has 5 heteroatoms. The molecule has 2 nitrogen and oxygen atoms in total. The lowest BCUT2D eigenvalue weighted by Gasteiger charge is -2.19. The Hall–Kier alpha value is 0.525. The van der Waals surface area contributed by atoms with Crippen LogP contribution in [0.15, 0.2) is 0 Å². The number of rotatable bonds is 4. The van der Waals surface area contributed by atoms with Crippen LogP contribution in [0.3, 0.4) is 0 Å². The van der Waals surface area contributed by atoms with E-state index in [4.69, 9.17) is 12.7 Å². The van der Waals surface area contributed by atoms with Gasteiger partial charge in [-0.2, -0.15) is 0 Å². The van der Waals surface area contributed by atoms with Crippen molar-refractivity contribution in [1.82, 2.24) is 0 Å². The lowest BCUT2D eigenvalue weighted by Crippen LogP contribution is -2.20. The third kappa shape index (κ3) is 2.99. The van der Waals surface area contributed by atoms with Gasteiger partial charge in [-0.15, -0.1) is 11.8 Å². The van der Waals surface area contributed by atoms with Crippen molar-refractivity contribution in [2.45, 2.75) is 29.9 Å². The minimum Gasteiger partial charge on any atom is -0.445 e. The highest BCUT2D eigenvalue weighted by Gasteiger charge is 2.31. The summed E-state index contributed by atoms with van der Waals surface area (Å²) in [6, 6.07) is 0. The van der Waals surface area contributed by atoms with E-state index in [1.165, 1.54) is 0 Å². The van der Waals surface area contributed by atoms with Crippen molar-refractivity contribution in [2.75, 3.05) is 12.5 Å². The Balaban J connectivity index is 2.48. The smallest absolute Gasteiger partial charge is 0.283 e. The van der Waals surface area contributed by atoms with Crippen molar-refractivity contribution in [3.63, 3.8) is 0 Å². The summed E-state index contributed by atoms with van der Waals surface area (Å²) >= 11 is 1.69. The fraction of sp³-hybridized carbons (Fsp3) is 1.00. The predicted molar refractivity (Wildman–Crippen MR) is 59.3 cm³/mol. The van der Waals surface area contributed by atoms with E-state index in [0.29, 0.717) is 5.92 Å². The monoisotopic (exact) mass is 218 g/mol. The van der Waals surface area contributed by atoms with Crippen LogP contribution in [-0.2, 0) is 15.5 Å². The van der Waals surface area contributed by atoms with Crippen LogP contribution >= 0.6 is 11.8 Å². The summed E-state index contributed by atoms with van der Waals surface area (Å²) in [5.74, 6) is 0.509. The Morgan fingerprint density at radius 2 is 2.31 bits per heavy atom. The zero-order valence-electron chi connectivity index (χ0n) is 8.06. The van der Waals surface area contributed by atoms with Gasteiger partial charge < -0.3 is 4.65 Å². The minimum absolute atomic E-state index is 0.184. The molecule has 74 valence electrons. The zero-order valence-corrected chi connectivity index (χ0v) is 9.70. The van der Waals surface area contributed by atoms with Gasteiger partial charge in [-0.1, -0.05) is 0 Å². The molecule has 0 saturated heterocycles. The Labute approximate surface area is 88.1 Å². The molecule has 0 heterocycles. The van der Waals surface area contributed by atoms with Crippen molar-refractivity contribution in [3.05, 3.63) is 0 Å². The molecular weight excluding hydrogens is 203 g/mol. The Morgan fingerprint density at radius 3 is 2.69 bits per heavy atom. The average Bonchev–Trinajstić information content (AvgIpc) is 2.53. The SMILES string of the molecule is [B]OC1CCC(C(SC)S(C)=O)C1. The molecule has 0 N–H and O–H groups in total. The number of thioether (sulfide) groups is 1. The van der Waals surface area contributed by atoms with Crippen LogP contribution < -0.4 is 0 Å². The highest BCUT2D eigenvalue weighted by Crippen LogP contribution is 2.35. The molecule has 2 radical (unpaired) electrons. The van der Waals surface area contributed by atoms with E-state index in [0.717, 1.165) is 19.3 Å². The lowest BCUT2D eigenvalue weighted by molar-refractivity contribution is 0.226. The van der Waals surface area contributed by atoms with E-state index in [2.05, 4.69) is 0 Å². The highest BCUT2D eigenvalue weighted by atomic mass is 32.2. The summed E-state index contributed by atoms with van der Waals surface area (Å²) in [7, 11) is 4.39. The molecule has 1 aliphatic rings. The van der Waals surface area contributed by atoms with Gasteiger partial charge in [-0.3, -0.25) is 4.21 Å². The summed E-state index contributed by atoms with van der Waals surface area (Å²) < 4.78 is 16.4. The number of hydrogen-bond donors (Lipinski definition) is 0. The highest BCUT2D eigenvalue weighted by molar-refractivity contribution is 8.10. The van der Waals surface area contributed by atoms with Crippen LogP contribution in [-0.4, -0.2) is 35.5 Å². The largest absolute Gasteiger partial charge is 0.445 e. The molecule has 1 aliphatic carbocycles. The quantitative estimate of drug-likeness (QED) is 0.666. The molecule has 4 atom stereocenters. The Morgan fingerprint density at radius 1 is 1.62 bits per heavy atom. The van der Waals surface area contributed by atoms with Gasteiger partial charge in [-0.05, 0) is 31.4 Å². The maximum atomic E-state index is 11.4. The van der Waals surface area contributed by atoms with E-state index in [1.54, 1.807) is 18.0 Å². The molecule has 0 spiro atoms. The molecule has 0 aromatic carbocycles. The average molecular weight is 218 g/mol. The van der Waals surface area contributed by atoms with E-state index in [9.17, 15) is 4.21 Å². The van der Waals surface area contributed by atoms with Crippen LogP contribution in [0.5, 0.6) is 0 Å². The van der Waals surface area contributed by atoms with Crippen molar-refractivity contribution < 1.29 is 8.86 Å². The molecule has 13 heavy (non-hydrogen) atoms. The summed E-state index contributed by atoms with van der Waals surface area (Å²) in [4.78, 5) is 0. The summed E-state index contributed by atoms with van der Waals surface area (Å²) in [5.41, 5.74) is 0. The molecular formula is C8H15BO2S2. The topological polar surface area (TPSA) is 26.3 Å². The van der Waals surface area contributed by atoms with E-state index in [1.807, 2.05) is 6.26 Å². The lowest BCUT2D eigenvalue weighted by atomic mass is 10.1. The Bertz CT molecular complexity index is 189. The van der Waals surface area contributed by atoms with Crippen molar-refractivity contribution in [2.24, 2.45) is 5.92 Å². The molecule has 0 amide bonds. The minimum atomic E-state index is -0.744. The maximum Gasteiger partial charge on any atom is 0.283 e. The van der Waals surface area contributed by atoms with Crippen molar-refractivity contribution in [3.8, 4) is 0 Å². The molecule has 1 fully saturated rings. The van der Waals surface area contributed by atoms with E-state index < -0.39 is 10.8 Å². The third-order valence-corrected chi connectivity index (χ3v) is 5.84. The van der Waals surface area contributed by atoms with Gasteiger partial charge in [-0.25, -0.2) is 0 Å². The van der Waals surface area contributed by atoms with Crippen LogP contribution in [0.25, 0.3) is 0 Å². The summed E-state index contributed by atoms with van der Waals surface area (Å²) in [6.07, 6.45) is 7.04. The first-order valence-corrected chi connectivity index (χ1v) is 7.30. The van der Waals surface area contributed by atoms with Gasteiger partial charge in [0.15, 0.2) is 0 Å². The molecule has 1 rings (SSSR count). The van der Waals surface area contributed by atoms with Crippen LogP contribution in [0.1, 0.15) is 19.3 Å². The van der Waals surface area contributed by atoms with Crippen LogP contribution in [0.2, 0.25) is 0 Å². The first-order valence-electron chi connectivity index (χ1n) is 4.39. The summed E-state index contributed by atoms with van der Waals surface area (Å²) in [5, 5.41) is 0. The molecule has 0 aliphatic heterocycles. The third-order valence-electron chi connectivity index (χ3n) is 2.56. The second kappa shape index (κ2) is 5.42. The van der Waals surface area contributed by atoms with Crippen molar-refractivity contribution in [1.29, 1.82) is 0 Å². The van der Waals surface area contributed by atoms with Crippen LogP contribution in [0.4, 0.5) is 0 Å². The maximum absolute atomic E-state index is 11.4. The van der Waals surface area contributed by atoms with Gasteiger partial charge in [0.25, 0.3) is 8.05 Å². The Kier molecular flexibility index (Phi) is 4.83. The van der Waals surface area contributed by atoms with E-state index in [-0.39, 0.29) is 10.7 Å². The van der Waals surface area contributed by atoms with Gasteiger partial charge >= 0.3 is 0 Å². The zero-order chi connectivity index (χ0) is 9.84. The second-order valence-corrected chi connectivity index (χ2v) is 6.22. The van der Waals surface area contributed by atoms with Gasteiger partial charge in [0.2, 0.25) is 0 Å². The molecule has 0 bridgehead atoms. The van der Waals surface area contributed by atoms with E-state index >= 15 is 0 Å². The molecule has 0 aromatic heterocycles. The first kappa shape index (κ1) is 11.6.